The van der Waals surface area contributed by atoms with E-state index in [4.69, 9.17) is 9.84 Å². The minimum absolute atomic E-state index is 0.152. The minimum atomic E-state index is -0.668. The molecule has 2 unspecified atom stereocenters. The summed E-state index contributed by atoms with van der Waals surface area (Å²) >= 11 is 0. The van der Waals surface area contributed by atoms with Gasteiger partial charge in [-0.2, -0.15) is 0 Å². The van der Waals surface area contributed by atoms with Gasteiger partial charge < -0.3 is 9.84 Å². The largest absolute Gasteiger partial charge is 0.496 e. The van der Waals surface area contributed by atoms with Crippen LogP contribution in [-0.4, -0.2) is 18.2 Å². The second-order valence-corrected chi connectivity index (χ2v) is 4.91. The van der Waals surface area contributed by atoms with Crippen LogP contribution in [0.5, 0.6) is 5.75 Å². The maximum atomic E-state index is 10.8. The lowest BCUT2D eigenvalue weighted by Gasteiger charge is -2.12. The van der Waals surface area contributed by atoms with Crippen molar-refractivity contribution in [2.24, 2.45) is 11.8 Å². The number of aliphatic carboxylic acids is 1. The van der Waals surface area contributed by atoms with Crippen molar-refractivity contribution < 1.29 is 14.6 Å². The van der Waals surface area contributed by atoms with E-state index in [0.717, 1.165) is 24.2 Å². The van der Waals surface area contributed by atoms with Gasteiger partial charge in [0.2, 0.25) is 0 Å². The number of aryl methyl sites for hydroxylation is 2. The Balaban J connectivity index is 2.19. The van der Waals surface area contributed by atoms with E-state index in [1.165, 1.54) is 11.1 Å². The second-order valence-electron chi connectivity index (χ2n) is 4.91. The first-order valence-corrected chi connectivity index (χ1v) is 5.90. The Hall–Kier alpha value is -1.51. The number of benzene rings is 1. The highest BCUT2D eigenvalue weighted by Gasteiger charge is 2.43. The van der Waals surface area contributed by atoms with E-state index < -0.39 is 5.97 Å². The topological polar surface area (TPSA) is 46.5 Å². The van der Waals surface area contributed by atoms with E-state index in [9.17, 15) is 4.79 Å². The molecule has 0 aliphatic heterocycles. The van der Waals surface area contributed by atoms with Gasteiger partial charge in [-0.3, -0.25) is 4.79 Å². The van der Waals surface area contributed by atoms with Crippen molar-refractivity contribution in [2.75, 3.05) is 7.11 Å². The summed E-state index contributed by atoms with van der Waals surface area (Å²) in [6.45, 7) is 4.10. The first-order valence-electron chi connectivity index (χ1n) is 5.90. The van der Waals surface area contributed by atoms with Gasteiger partial charge in [0.1, 0.15) is 5.75 Å². The molecule has 1 aromatic carbocycles. The summed E-state index contributed by atoms with van der Waals surface area (Å²) in [5.41, 5.74) is 3.53. The Kier molecular flexibility index (Phi) is 3.09. The highest BCUT2D eigenvalue weighted by atomic mass is 16.5. The Morgan fingerprint density at radius 3 is 2.71 bits per heavy atom. The van der Waals surface area contributed by atoms with Crippen molar-refractivity contribution in [3.63, 3.8) is 0 Å². The fourth-order valence-electron chi connectivity index (χ4n) is 2.44. The molecule has 1 aliphatic rings. The molecule has 1 aliphatic carbocycles. The van der Waals surface area contributed by atoms with Crippen LogP contribution in [0.2, 0.25) is 0 Å². The summed E-state index contributed by atoms with van der Waals surface area (Å²) < 4.78 is 5.38. The molecule has 0 amide bonds. The summed E-state index contributed by atoms with van der Waals surface area (Å²) in [6.07, 6.45) is 1.61. The summed E-state index contributed by atoms with van der Waals surface area (Å²) in [4.78, 5) is 10.8. The second kappa shape index (κ2) is 4.40. The maximum Gasteiger partial charge on any atom is 0.306 e. The molecule has 2 rings (SSSR count). The lowest BCUT2D eigenvalue weighted by Crippen LogP contribution is -2.03. The van der Waals surface area contributed by atoms with Crippen molar-refractivity contribution in [3.05, 3.63) is 28.8 Å². The van der Waals surface area contributed by atoms with Crippen molar-refractivity contribution >= 4 is 5.97 Å². The summed E-state index contributed by atoms with van der Waals surface area (Å²) in [5.74, 6) is 0.348. The normalized spacial score (nSPS) is 22.3. The molecule has 1 N–H and O–H groups in total. The van der Waals surface area contributed by atoms with Crippen LogP contribution >= 0.6 is 0 Å². The molecule has 0 radical (unpaired) electrons. The molecule has 3 nitrogen and oxygen atoms in total. The fraction of sp³-hybridized carbons (Fsp3) is 0.500. The van der Waals surface area contributed by atoms with E-state index in [1.807, 2.05) is 13.0 Å². The van der Waals surface area contributed by atoms with Gasteiger partial charge >= 0.3 is 5.97 Å². The number of hydrogen-bond donors (Lipinski definition) is 1. The van der Waals surface area contributed by atoms with Crippen molar-refractivity contribution in [2.45, 2.75) is 26.7 Å². The summed E-state index contributed by atoms with van der Waals surface area (Å²) in [6, 6.07) is 4.14. The molecule has 0 spiro atoms. The molecule has 0 bridgehead atoms. The molecular formula is C14H18O3. The van der Waals surface area contributed by atoms with Crippen LogP contribution in [0.3, 0.4) is 0 Å². The quantitative estimate of drug-likeness (QED) is 0.871. The standard InChI is InChI=1S/C14H18O3/c1-8-4-9(2)11(13(5-8)17-3)6-10-7-12(10)14(15)16/h4-5,10,12H,6-7H2,1-3H3,(H,15,16). The molecule has 1 aromatic rings. The third-order valence-corrected chi connectivity index (χ3v) is 3.50. The van der Waals surface area contributed by atoms with Crippen molar-refractivity contribution in [1.82, 2.24) is 0 Å². The fourth-order valence-corrected chi connectivity index (χ4v) is 2.44. The third-order valence-electron chi connectivity index (χ3n) is 3.50. The van der Waals surface area contributed by atoms with E-state index in [-0.39, 0.29) is 11.8 Å². The Morgan fingerprint density at radius 1 is 1.47 bits per heavy atom. The van der Waals surface area contributed by atoms with Gasteiger partial charge in [-0.05, 0) is 55.4 Å². The van der Waals surface area contributed by atoms with Crippen LogP contribution in [0, 0.1) is 25.7 Å². The maximum absolute atomic E-state index is 10.8. The smallest absolute Gasteiger partial charge is 0.306 e. The van der Waals surface area contributed by atoms with Gasteiger partial charge in [0, 0.05) is 0 Å². The van der Waals surface area contributed by atoms with E-state index >= 15 is 0 Å². The molecule has 0 heterocycles. The van der Waals surface area contributed by atoms with Crippen LogP contribution in [0.25, 0.3) is 0 Å². The first kappa shape index (κ1) is 12.0. The Morgan fingerprint density at radius 2 is 2.18 bits per heavy atom. The number of carboxylic acid groups (broad SMARTS) is 1. The number of carbonyl (C=O) groups is 1. The summed E-state index contributed by atoms with van der Waals surface area (Å²) in [5, 5.41) is 8.91. The van der Waals surface area contributed by atoms with Crippen LogP contribution < -0.4 is 4.74 Å². The zero-order valence-corrected chi connectivity index (χ0v) is 10.5. The van der Waals surface area contributed by atoms with Gasteiger partial charge in [-0.15, -0.1) is 0 Å². The Bertz CT molecular complexity index is 451. The highest BCUT2D eigenvalue weighted by molar-refractivity contribution is 5.73. The lowest BCUT2D eigenvalue weighted by atomic mass is 9.99. The van der Waals surface area contributed by atoms with Gasteiger partial charge in [0.15, 0.2) is 0 Å². The number of ether oxygens (including phenoxy) is 1. The zero-order chi connectivity index (χ0) is 12.6. The molecule has 1 saturated carbocycles. The van der Waals surface area contributed by atoms with Crippen molar-refractivity contribution in [3.8, 4) is 5.75 Å². The van der Waals surface area contributed by atoms with Gasteiger partial charge in [-0.25, -0.2) is 0 Å². The van der Waals surface area contributed by atoms with Crippen LogP contribution in [0.15, 0.2) is 12.1 Å². The predicted molar refractivity (Wildman–Crippen MR) is 65.4 cm³/mol. The van der Waals surface area contributed by atoms with E-state index in [1.54, 1.807) is 7.11 Å². The molecule has 3 heteroatoms. The number of hydrogen-bond acceptors (Lipinski definition) is 2. The van der Waals surface area contributed by atoms with E-state index in [0.29, 0.717) is 0 Å². The number of rotatable bonds is 4. The molecular weight excluding hydrogens is 216 g/mol. The minimum Gasteiger partial charge on any atom is -0.496 e. The van der Waals surface area contributed by atoms with Crippen molar-refractivity contribution in [1.29, 1.82) is 0 Å². The highest BCUT2D eigenvalue weighted by Crippen LogP contribution is 2.43. The molecule has 1 fully saturated rings. The van der Waals surface area contributed by atoms with Gasteiger partial charge in [0.05, 0.1) is 13.0 Å². The van der Waals surface area contributed by atoms with Gasteiger partial charge in [-0.1, -0.05) is 6.07 Å². The average Bonchev–Trinajstić information content (AvgIpc) is 3.01. The molecule has 92 valence electrons. The SMILES string of the molecule is COc1cc(C)cc(C)c1CC1CC1C(=O)O. The Labute approximate surface area is 101 Å². The van der Waals surface area contributed by atoms with Gasteiger partial charge in [0.25, 0.3) is 0 Å². The van der Waals surface area contributed by atoms with Crippen LogP contribution in [0.1, 0.15) is 23.1 Å². The van der Waals surface area contributed by atoms with E-state index in [2.05, 4.69) is 13.0 Å². The van der Waals surface area contributed by atoms with Crippen LogP contribution in [0.4, 0.5) is 0 Å². The molecule has 2 atom stereocenters. The number of carboxylic acids is 1. The summed E-state index contributed by atoms with van der Waals surface area (Å²) in [7, 11) is 1.67. The number of methoxy groups -OCH3 is 1. The monoisotopic (exact) mass is 234 g/mol. The molecule has 0 saturated heterocycles. The van der Waals surface area contributed by atoms with Crippen LogP contribution in [-0.2, 0) is 11.2 Å². The lowest BCUT2D eigenvalue weighted by molar-refractivity contribution is -0.138. The molecule has 0 aromatic heterocycles. The molecule has 17 heavy (non-hydrogen) atoms. The predicted octanol–water partition coefficient (Wildman–Crippen LogP) is 2.58. The first-order chi connectivity index (χ1) is 8.02. The zero-order valence-electron chi connectivity index (χ0n) is 10.5. The third kappa shape index (κ3) is 2.43. The average molecular weight is 234 g/mol.